The van der Waals surface area contributed by atoms with Crippen LogP contribution in [0.15, 0.2) is 18.3 Å². The van der Waals surface area contributed by atoms with E-state index in [-0.39, 0.29) is 0 Å². The maximum Gasteiger partial charge on any atom is 0.129 e. The Balaban J connectivity index is 2.88. The molecule has 0 atom stereocenters. The molecule has 0 spiro atoms. The van der Waals surface area contributed by atoms with Crippen LogP contribution in [-0.2, 0) is 0 Å². The number of nitrogens with zero attached hydrogens (tertiary/aromatic N) is 1. The third-order valence-electron chi connectivity index (χ3n) is 0.932. The molecule has 1 aromatic rings. The van der Waals surface area contributed by atoms with Crippen molar-refractivity contribution in [2.45, 2.75) is 0 Å². The maximum absolute atomic E-state index is 5.51. The second-order valence-electron chi connectivity index (χ2n) is 1.55. The van der Waals surface area contributed by atoms with Gasteiger partial charge < -0.3 is 5.32 Å². The summed E-state index contributed by atoms with van der Waals surface area (Å²) < 4.78 is 0. The molecule has 0 saturated carbocycles. The first-order chi connectivity index (χ1) is 4.33. The quantitative estimate of drug-likeness (QED) is 0.605. The summed E-state index contributed by atoms with van der Waals surface area (Å²) in [5, 5.41) is 3.18. The molecule has 0 unspecified atom stereocenters. The van der Waals surface area contributed by atoms with Crippen molar-refractivity contribution in [2.75, 3.05) is 5.32 Å². The Morgan fingerprint density at radius 3 is 2.78 bits per heavy atom. The molecule has 0 bridgehead atoms. The van der Waals surface area contributed by atoms with E-state index in [0.717, 1.165) is 5.69 Å². The van der Waals surface area contributed by atoms with Crippen molar-refractivity contribution < 1.29 is 0 Å². The lowest BCUT2D eigenvalue weighted by molar-refractivity contribution is 1.32. The van der Waals surface area contributed by atoms with Gasteiger partial charge in [-0.1, -0.05) is 11.6 Å². The Morgan fingerprint density at radius 1 is 1.56 bits per heavy atom. The largest absolute Gasteiger partial charge is 0.382 e. The molecule has 0 saturated heterocycles. The molecular formula is C6H6ClN2. The van der Waals surface area contributed by atoms with Crippen LogP contribution in [0.2, 0.25) is 5.15 Å². The summed E-state index contributed by atoms with van der Waals surface area (Å²) >= 11 is 5.51. The van der Waals surface area contributed by atoms with E-state index in [1.165, 1.54) is 0 Å². The number of anilines is 1. The molecule has 0 aromatic carbocycles. The van der Waals surface area contributed by atoms with Crippen LogP contribution >= 0.6 is 11.6 Å². The van der Waals surface area contributed by atoms with Crippen LogP contribution in [0, 0.1) is 7.05 Å². The molecule has 0 fully saturated rings. The van der Waals surface area contributed by atoms with E-state index in [4.69, 9.17) is 11.6 Å². The number of nitrogens with one attached hydrogen (secondary N) is 1. The Hall–Kier alpha value is -0.760. The minimum Gasteiger partial charge on any atom is -0.382 e. The number of pyridine rings is 1. The van der Waals surface area contributed by atoms with Gasteiger partial charge >= 0.3 is 0 Å². The van der Waals surface area contributed by atoms with Crippen molar-refractivity contribution in [3.8, 4) is 0 Å². The van der Waals surface area contributed by atoms with Gasteiger partial charge in [-0.15, -0.1) is 0 Å². The van der Waals surface area contributed by atoms with Gasteiger partial charge in [0.1, 0.15) is 5.15 Å². The van der Waals surface area contributed by atoms with Crippen molar-refractivity contribution >= 4 is 17.3 Å². The Kier molecular flexibility index (Phi) is 1.90. The van der Waals surface area contributed by atoms with Crippen molar-refractivity contribution in [3.05, 3.63) is 30.5 Å². The lowest BCUT2D eigenvalue weighted by atomic mass is 10.4. The molecule has 1 rings (SSSR count). The summed E-state index contributed by atoms with van der Waals surface area (Å²) in [6.45, 7) is 0. The molecular weight excluding hydrogens is 136 g/mol. The van der Waals surface area contributed by atoms with E-state index in [1.807, 2.05) is 6.07 Å². The third kappa shape index (κ3) is 1.57. The number of aromatic nitrogens is 1. The molecule has 47 valence electrons. The first-order valence-corrected chi connectivity index (χ1v) is 2.85. The van der Waals surface area contributed by atoms with Crippen LogP contribution in [-0.4, -0.2) is 4.98 Å². The second kappa shape index (κ2) is 2.69. The van der Waals surface area contributed by atoms with Gasteiger partial charge in [0.05, 0.1) is 11.9 Å². The van der Waals surface area contributed by atoms with Crippen LogP contribution in [0.4, 0.5) is 5.69 Å². The molecule has 0 amide bonds. The normalized spacial score (nSPS) is 9.11. The minimum atomic E-state index is 0.494. The molecule has 1 aromatic heterocycles. The highest BCUT2D eigenvalue weighted by atomic mass is 35.5. The zero-order chi connectivity index (χ0) is 6.69. The monoisotopic (exact) mass is 141 g/mol. The molecule has 1 N–H and O–H groups in total. The molecule has 2 nitrogen and oxygen atoms in total. The van der Waals surface area contributed by atoms with Crippen LogP contribution < -0.4 is 5.32 Å². The van der Waals surface area contributed by atoms with Crippen LogP contribution in [0.1, 0.15) is 0 Å². The molecule has 3 heteroatoms. The fourth-order valence-corrected chi connectivity index (χ4v) is 0.592. The highest BCUT2D eigenvalue weighted by molar-refractivity contribution is 6.29. The van der Waals surface area contributed by atoms with Gasteiger partial charge in [0.15, 0.2) is 0 Å². The lowest BCUT2D eigenvalue weighted by Crippen LogP contribution is -1.84. The topological polar surface area (TPSA) is 24.9 Å². The van der Waals surface area contributed by atoms with Crippen molar-refractivity contribution in [1.82, 2.24) is 4.98 Å². The summed E-state index contributed by atoms with van der Waals surface area (Å²) in [6.07, 6.45) is 1.62. The summed E-state index contributed by atoms with van der Waals surface area (Å²) in [4.78, 5) is 3.81. The van der Waals surface area contributed by atoms with E-state index in [9.17, 15) is 0 Å². The molecule has 1 radical (unpaired) electrons. The van der Waals surface area contributed by atoms with Crippen LogP contribution in [0.5, 0.6) is 0 Å². The third-order valence-corrected chi connectivity index (χ3v) is 1.16. The van der Waals surface area contributed by atoms with Gasteiger partial charge in [0, 0.05) is 7.05 Å². The van der Waals surface area contributed by atoms with Crippen molar-refractivity contribution in [3.63, 3.8) is 0 Å². The van der Waals surface area contributed by atoms with E-state index < -0.39 is 0 Å². The Bertz CT molecular complexity index is 183. The first-order valence-electron chi connectivity index (χ1n) is 2.47. The minimum absolute atomic E-state index is 0.494. The smallest absolute Gasteiger partial charge is 0.129 e. The number of rotatable bonds is 1. The Morgan fingerprint density at radius 2 is 2.33 bits per heavy atom. The standard InChI is InChI=1S/C6H6ClN2/c1-8-5-2-3-6(7)9-4-5/h2-4,8H,1H2. The predicted octanol–water partition coefficient (Wildman–Crippen LogP) is 1.94. The average Bonchev–Trinajstić information content (AvgIpc) is 1.90. The summed E-state index contributed by atoms with van der Waals surface area (Å²) in [5.74, 6) is 0. The summed E-state index contributed by atoms with van der Waals surface area (Å²) in [6, 6.07) is 3.51. The SMILES string of the molecule is [CH2]Nc1ccc(Cl)nc1. The van der Waals surface area contributed by atoms with Crippen molar-refractivity contribution in [1.29, 1.82) is 0 Å². The van der Waals surface area contributed by atoms with Crippen LogP contribution in [0.3, 0.4) is 0 Å². The zero-order valence-electron chi connectivity index (χ0n) is 4.76. The number of hydrogen-bond donors (Lipinski definition) is 1. The van der Waals surface area contributed by atoms with E-state index in [1.54, 1.807) is 12.3 Å². The predicted molar refractivity (Wildman–Crippen MR) is 38.2 cm³/mol. The maximum atomic E-state index is 5.51. The molecule has 0 aliphatic rings. The zero-order valence-corrected chi connectivity index (χ0v) is 5.52. The summed E-state index contributed by atoms with van der Waals surface area (Å²) in [7, 11) is 3.45. The van der Waals surface area contributed by atoms with Gasteiger partial charge in [-0.25, -0.2) is 4.98 Å². The van der Waals surface area contributed by atoms with E-state index >= 15 is 0 Å². The van der Waals surface area contributed by atoms with Gasteiger partial charge in [-0.3, -0.25) is 0 Å². The second-order valence-corrected chi connectivity index (χ2v) is 1.93. The highest BCUT2D eigenvalue weighted by Gasteiger charge is 1.86. The Labute approximate surface area is 58.9 Å². The first kappa shape index (κ1) is 6.36. The van der Waals surface area contributed by atoms with Gasteiger partial charge in [0.2, 0.25) is 0 Å². The lowest BCUT2D eigenvalue weighted by Gasteiger charge is -1.95. The summed E-state index contributed by atoms with van der Waals surface area (Å²) in [5.41, 5.74) is 0.861. The van der Waals surface area contributed by atoms with E-state index in [0.29, 0.717) is 5.15 Å². The van der Waals surface area contributed by atoms with Crippen molar-refractivity contribution in [2.24, 2.45) is 0 Å². The molecule has 9 heavy (non-hydrogen) atoms. The van der Waals surface area contributed by atoms with E-state index in [2.05, 4.69) is 17.3 Å². The molecule has 1 heterocycles. The fraction of sp³-hybridized carbons (Fsp3) is 0. The van der Waals surface area contributed by atoms with Gasteiger partial charge in [-0.05, 0) is 12.1 Å². The molecule has 0 aliphatic heterocycles. The average molecular weight is 142 g/mol. The highest BCUT2D eigenvalue weighted by Crippen LogP contribution is 2.08. The number of hydrogen-bond acceptors (Lipinski definition) is 2. The fourth-order valence-electron chi connectivity index (χ4n) is 0.480. The van der Waals surface area contributed by atoms with Gasteiger partial charge in [0.25, 0.3) is 0 Å². The van der Waals surface area contributed by atoms with Gasteiger partial charge in [-0.2, -0.15) is 0 Å². The number of halogens is 1. The molecule has 0 aliphatic carbocycles. The van der Waals surface area contributed by atoms with Crippen LogP contribution in [0.25, 0.3) is 0 Å².